The highest BCUT2D eigenvalue weighted by Crippen LogP contribution is 2.23. The minimum atomic E-state index is 1.28. The van der Waals surface area contributed by atoms with Crippen molar-refractivity contribution < 1.29 is 0 Å². The van der Waals surface area contributed by atoms with Crippen molar-refractivity contribution in [1.82, 2.24) is 4.98 Å². The van der Waals surface area contributed by atoms with Crippen LogP contribution in [-0.2, 0) is 0 Å². The normalized spacial score (nSPS) is 10.5. The van der Waals surface area contributed by atoms with Crippen LogP contribution in [-0.4, -0.2) is 4.98 Å². The van der Waals surface area contributed by atoms with Crippen LogP contribution in [0, 0.1) is 6.92 Å². The molecule has 0 amide bonds. The van der Waals surface area contributed by atoms with Gasteiger partial charge in [0, 0.05) is 12.4 Å². The van der Waals surface area contributed by atoms with Gasteiger partial charge in [-0.3, -0.25) is 4.98 Å². The molecule has 0 atom stereocenters. The van der Waals surface area contributed by atoms with E-state index in [0.717, 1.165) is 0 Å². The maximum atomic E-state index is 4.04. The molecule has 2 aromatic rings. The van der Waals surface area contributed by atoms with Gasteiger partial charge in [-0.05, 0) is 29.3 Å². The Morgan fingerprint density at radius 1 is 1.50 bits per heavy atom. The van der Waals surface area contributed by atoms with Gasteiger partial charge in [0.05, 0.1) is 4.70 Å². The van der Waals surface area contributed by atoms with Crippen LogP contribution in [0.3, 0.4) is 0 Å². The summed E-state index contributed by atoms with van der Waals surface area (Å²) in [6.45, 7) is 2.12. The molecule has 0 aliphatic rings. The van der Waals surface area contributed by atoms with Gasteiger partial charge in [0.15, 0.2) is 0 Å². The SMILES string of the molecule is Cc1csc2cnccc12. The Bertz CT molecular complexity index is 351. The molecule has 0 aromatic carbocycles. The number of thiophene rings is 1. The first-order valence-electron chi connectivity index (χ1n) is 3.16. The summed E-state index contributed by atoms with van der Waals surface area (Å²) >= 11 is 1.75. The predicted octanol–water partition coefficient (Wildman–Crippen LogP) is 2.60. The van der Waals surface area contributed by atoms with E-state index in [9.17, 15) is 0 Å². The Labute approximate surface area is 63.3 Å². The van der Waals surface area contributed by atoms with E-state index < -0.39 is 0 Å². The van der Waals surface area contributed by atoms with Crippen molar-refractivity contribution in [2.24, 2.45) is 0 Å². The molecule has 2 heteroatoms. The van der Waals surface area contributed by atoms with E-state index in [0.29, 0.717) is 0 Å². The lowest BCUT2D eigenvalue weighted by atomic mass is 10.2. The van der Waals surface area contributed by atoms with Gasteiger partial charge in [0.1, 0.15) is 0 Å². The van der Waals surface area contributed by atoms with Crippen LogP contribution in [0.2, 0.25) is 0 Å². The maximum absolute atomic E-state index is 4.04. The molecule has 0 fully saturated rings. The molecular weight excluding hydrogens is 142 g/mol. The summed E-state index contributed by atoms with van der Waals surface area (Å²) in [7, 11) is 0. The van der Waals surface area contributed by atoms with E-state index in [4.69, 9.17) is 0 Å². The number of rotatable bonds is 0. The Hall–Kier alpha value is -0.890. The molecule has 2 aromatic heterocycles. The number of aromatic nitrogens is 1. The molecule has 2 heterocycles. The lowest BCUT2D eigenvalue weighted by Crippen LogP contribution is -1.68. The van der Waals surface area contributed by atoms with Crippen molar-refractivity contribution in [1.29, 1.82) is 0 Å². The third-order valence-corrected chi connectivity index (χ3v) is 2.62. The second-order valence-corrected chi connectivity index (χ2v) is 3.20. The fourth-order valence-corrected chi connectivity index (χ4v) is 1.92. The highest BCUT2D eigenvalue weighted by atomic mass is 32.1. The van der Waals surface area contributed by atoms with E-state index in [1.807, 2.05) is 12.4 Å². The Kier molecular flexibility index (Phi) is 1.21. The van der Waals surface area contributed by atoms with Crippen LogP contribution < -0.4 is 0 Å². The lowest BCUT2D eigenvalue weighted by Gasteiger charge is -1.86. The fraction of sp³-hybridized carbons (Fsp3) is 0.125. The fourth-order valence-electron chi connectivity index (χ4n) is 1.02. The average Bonchev–Trinajstić information content (AvgIpc) is 2.34. The van der Waals surface area contributed by atoms with Gasteiger partial charge < -0.3 is 0 Å². The second kappa shape index (κ2) is 2.06. The van der Waals surface area contributed by atoms with E-state index >= 15 is 0 Å². The summed E-state index contributed by atoms with van der Waals surface area (Å²) in [5.74, 6) is 0. The number of hydrogen-bond donors (Lipinski definition) is 0. The van der Waals surface area contributed by atoms with Crippen molar-refractivity contribution in [2.45, 2.75) is 6.92 Å². The van der Waals surface area contributed by atoms with Crippen molar-refractivity contribution in [2.75, 3.05) is 0 Å². The van der Waals surface area contributed by atoms with E-state index in [1.54, 1.807) is 11.3 Å². The minimum absolute atomic E-state index is 1.28. The number of pyridine rings is 1. The minimum Gasteiger partial charge on any atom is -0.263 e. The predicted molar refractivity (Wildman–Crippen MR) is 44.4 cm³/mol. The van der Waals surface area contributed by atoms with Crippen LogP contribution in [0.15, 0.2) is 23.8 Å². The van der Waals surface area contributed by atoms with Gasteiger partial charge in [0.2, 0.25) is 0 Å². The molecule has 0 N–H and O–H groups in total. The van der Waals surface area contributed by atoms with Gasteiger partial charge in [-0.15, -0.1) is 11.3 Å². The molecule has 0 unspecified atom stereocenters. The highest BCUT2D eigenvalue weighted by molar-refractivity contribution is 7.17. The molecule has 0 spiro atoms. The number of fused-ring (bicyclic) bond motifs is 1. The summed E-state index contributed by atoms with van der Waals surface area (Å²) in [4.78, 5) is 4.04. The molecule has 0 aliphatic heterocycles. The topological polar surface area (TPSA) is 12.9 Å². The Morgan fingerprint density at radius 3 is 3.20 bits per heavy atom. The Morgan fingerprint density at radius 2 is 2.40 bits per heavy atom. The van der Waals surface area contributed by atoms with Crippen LogP contribution in [0.4, 0.5) is 0 Å². The average molecular weight is 149 g/mol. The van der Waals surface area contributed by atoms with E-state index in [-0.39, 0.29) is 0 Å². The number of aryl methyl sites for hydroxylation is 1. The van der Waals surface area contributed by atoms with Crippen molar-refractivity contribution in [3.05, 3.63) is 29.4 Å². The molecule has 50 valence electrons. The second-order valence-electron chi connectivity index (χ2n) is 2.29. The van der Waals surface area contributed by atoms with Gasteiger partial charge in [-0.1, -0.05) is 0 Å². The standard InChI is InChI=1S/C8H7NS/c1-6-5-10-8-4-9-3-2-7(6)8/h2-5H,1H3. The summed E-state index contributed by atoms with van der Waals surface area (Å²) in [6, 6.07) is 2.06. The molecular formula is C8H7NS. The van der Waals surface area contributed by atoms with Gasteiger partial charge >= 0.3 is 0 Å². The smallest absolute Gasteiger partial charge is 0.0528 e. The molecule has 0 radical (unpaired) electrons. The number of hydrogen-bond acceptors (Lipinski definition) is 2. The molecule has 1 nitrogen and oxygen atoms in total. The first-order chi connectivity index (χ1) is 4.88. The molecule has 0 bridgehead atoms. The first kappa shape index (κ1) is 5.86. The van der Waals surface area contributed by atoms with Crippen LogP contribution in [0.5, 0.6) is 0 Å². The van der Waals surface area contributed by atoms with Crippen LogP contribution >= 0.6 is 11.3 Å². The zero-order valence-corrected chi connectivity index (χ0v) is 6.48. The summed E-state index contributed by atoms with van der Waals surface area (Å²) in [6.07, 6.45) is 3.75. The zero-order chi connectivity index (χ0) is 6.97. The van der Waals surface area contributed by atoms with Crippen molar-refractivity contribution in [3.8, 4) is 0 Å². The quantitative estimate of drug-likeness (QED) is 0.561. The largest absolute Gasteiger partial charge is 0.263 e. The molecule has 0 saturated carbocycles. The van der Waals surface area contributed by atoms with Crippen molar-refractivity contribution >= 4 is 21.4 Å². The summed E-state index contributed by atoms with van der Waals surface area (Å²) < 4.78 is 1.28. The van der Waals surface area contributed by atoms with Crippen molar-refractivity contribution in [3.63, 3.8) is 0 Å². The summed E-state index contributed by atoms with van der Waals surface area (Å²) in [5, 5.41) is 3.49. The van der Waals surface area contributed by atoms with Gasteiger partial charge in [-0.25, -0.2) is 0 Å². The monoisotopic (exact) mass is 149 g/mol. The van der Waals surface area contributed by atoms with Gasteiger partial charge in [-0.2, -0.15) is 0 Å². The number of nitrogens with zero attached hydrogens (tertiary/aromatic N) is 1. The van der Waals surface area contributed by atoms with E-state index in [2.05, 4.69) is 23.4 Å². The highest BCUT2D eigenvalue weighted by Gasteiger charge is 1.96. The summed E-state index contributed by atoms with van der Waals surface area (Å²) in [5.41, 5.74) is 1.35. The third-order valence-electron chi connectivity index (χ3n) is 1.57. The third kappa shape index (κ3) is 0.727. The van der Waals surface area contributed by atoms with Crippen LogP contribution in [0.25, 0.3) is 10.1 Å². The Balaban J connectivity index is 2.93. The van der Waals surface area contributed by atoms with Crippen LogP contribution in [0.1, 0.15) is 5.56 Å². The first-order valence-corrected chi connectivity index (χ1v) is 4.04. The zero-order valence-electron chi connectivity index (χ0n) is 5.66. The van der Waals surface area contributed by atoms with Gasteiger partial charge in [0.25, 0.3) is 0 Å². The van der Waals surface area contributed by atoms with E-state index in [1.165, 1.54) is 15.6 Å². The lowest BCUT2D eigenvalue weighted by molar-refractivity contribution is 1.37. The molecule has 0 saturated heterocycles. The molecule has 10 heavy (non-hydrogen) atoms. The molecule has 2 rings (SSSR count). The maximum Gasteiger partial charge on any atom is 0.0528 e. The molecule has 0 aliphatic carbocycles.